The van der Waals surface area contributed by atoms with Crippen molar-refractivity contribution in [3.05, 3.63) is 104 Å². The number of ketones is 1. The number of carbonyl (C=O) groups excluding carboxylic acids is 2. The van der Waals surface area contributed by atoms with E-state index in [2.05, 4.69) is 19.1 Å². The number of aliphatic hydroxyl groups is 1. The minimum absolute atomic E-state index is 0.100. The van der Waals surface area contributed by atoms with E-state index in [-0.39, 0.29) is 24.0 Å². The third-order valence-corrected chi connectivity index (χ3v) is 11.3. The molecular formula is C38H36N2O6. The highest BCUT2D eigenvalue weighted by Crippen LogP contribution is 2.58. The predicted octanol–water partition coefficient (Wildman–Crippen LogP) is 5.82. The first-order chi connectivity index (χ1) is 22.1. The summed E-state index contributed by atoms with van der Waals surface area (Å²) in [4.78, 5) is 42.1. The number of rotatable bonds is 1. The van der Waals surface area contributed by atoms with E-state index >= 15 is 0 Å². The maximum atomic E-state index is 13.0. The van der Waals surface area contributed by atoms with Crippen LogP contribution in [0.5, 0.6) is 5.75 Å². The molecule has 2 saturated carbocycles. The van der Waals surface area contributed by atoms with Crippen LogP contribution < -0.4 is 5.56 Å². The van der Waals surface area contributed by atoms with Crippen molar-refractivity contribution in [3.63, 3.8) is 0 Å². The average molecular weight is 617 g/mol. The Morgan fingerprint density at radius 2 is 1.87 bits per heavy atom. The normalized spacial score (nSPS) is 26.8. The lowest BCUT2D eigenvalue weighted by atomic mass is 9.60. The molecule has 2 fully saturated rings. The highest BCUT2D eigenvalue weighted by Gasteiger charge is 2.52. The summed E-state index contributed by atoms with van der Waals surface area (Å²) >= 11 is 0. The number of ether oxygens (including phenoxy) is 1. The summed E-state index contributed by atoms with van der Waals surface area (Å²) < 4.78 is 6.72. The molecule has 4 aromatic rings. The number of aromatic hydroxyl groups is 1. The van der Waals surface area contributed by atoms with Crippen LogP contribution in [0.25, 0.3) is 22.3 Å². The quantitative estimate of drug-likeness (QED) is 0.180. The van der Waals surface area contributed by atoms with Crippen LogP contribution in [-0.4, -0.2) is 31.5 Å². The highest BCUT2D eigenvalue weighted by atomic mass is 16.6. The molecule has 2 aromatic carbocycles. The summed E-state index contributed by atoms with van der Waals surface area (Å²) in [5.74, 6) is 1.05. The van der Waals surface area contributed by atoms with Crippen molar-refractivity contribution in [1.82, 2.24) is 9.55 Å². The lowest BCUT2D eigenvalue weighted by Gasteiger charge is -2.43. The molecule has 8 heteroatoms. The van der Waals surface area contributed by atoms with E-state index in [1.165, 1.54) is 16.7 Å². The molecule has 4 atom stereocenters. The number of allylic oxidation sites excluding steroid dienone is 2. The molecule has 0 spiro atoms. The van der Waals surface area contributed by atoms with E-state index in [1.807, 2.05) is 36.4 Å². The number of para-hydroxylation sites is 1. The second-order valence-corrected chi connectivity index (χ2v) is 13.6. The molecule has 46 heavy (non-hydrogen) atoms. The van der Waals surface area contributed by atoms with Crippen LogP contribution in [0.3, 0.4) is 0 Å². The summed E-state index contributed by atoms with van der Waals surface area (Å²) in [5.41, 5.74) is 5.85. The standard InChI is InChI=1S/C20H16N2O4.C18H20O2/c1-2-20(25)14-8-16-17-12(7-11-5-3-4-6-15(11)21-17)9-22(16)18(23)13(14)10-26-19(20)24;1-18-9-8-14-13-5-3-12(19)10-11(13)2-4-15(14)16(18)6-7-17(18)20/h3-8,25H,2,9-10H2,1H3;3-5,10,14,16,19H,2,6-9H2,1H3. The van der Waals surface area contributed by atoms with Gasteiger partial charge in [0.05, 0.1) is 29.0 Å². The number of cyclic esters (lactones) is 1. The Morgan fingerprint density at radius 3 is 2.70 bits per heavy atom. The van der Waals surface area contributed by atoms with Gasteiger partial charge in [0.25, 0.3) is 5.56 Å². The van der Waals surface area contributed by atoms with Crippen molar-refractivity contribution in [2.24, 2.45) is 11.3 Å². The van der Waals surface area contributed by atoms with Gasteiger partial charge in [0.15, 0.2) is 5.60 Å². The first-order valence-corrected chi connectivity index (χ1v) is 16.2. The van der Waals surface area contributed by atoms with Gasteiger partial charge in [-0.1, -0.05) is 49.8 Å². The van der Waals surface area contributed by atoms with Crippen LogP contribution in [0.1, 0.15) is 79.7 Å². The smallest absolute Gasteiger partial charge is 0.343 e. The number of Topliss-reactive ketones (excluding diaryl/α,β-unsaturated/α-hetero) is 1. The van der Waals surface area contributed by atoms with Crippen molar-refractivity contribution in [1.29, 1.82) is 0 Å². The van der Waals surface area contributed by atoms with Crippen LogP contribution in [0, 0.1) is 11.3 Å². The number of carbonyl (C=O) groups is 2. The summed E-state index contributed by atoms with van der Waals surface area (Å²) in [7, 11) is 0. The summed E-state index contributed by atoms with van der Waals surface area (Å²) in [5, 5.41) is 21.5. The molecule has 3 aliphatic carbocycles. The SMILES string of the molecule is CC12CCC3C(=CCc4cc(O)ccc43)C1CCC2=O.CCC1(O)C(=O)OCc2c1cc1n(c2=O)Cc2cc3ccccc3nc2-1. The zero-order chi connectivity index (χ0) is 32.0. The average Bonchev–Trinajstić information content (AvgIpc) is 3.58. The van der Waals surface area contributed by atoms with Crippen molar-refractivity contribution in [3.8, 4) is 17.1 Å². The molecule has 234 valence electrons. The monoisotopic (exact) mass is 616 g/mol. The number of aromatic nitrogens is 2. The number of nitrogens with zero attached hydrogens (tertiary/aromatic N) is 2. The predicted molar refractivity (Wildman–Crippen MR) is 172 cm³/mol. The second kappa shape index (κ2) is 10.2. The van der Waals surface area contributed by atoms with Crippen LogP contribution >= 0.6 is 0 Å². The molecule has 4 heterocycles. The van der Waals surface area contributed by atoms with E-state index in [0.29, 0.717) is 46.7 Å². The van der Waals surface area contributed by atoms with E-state index in [4.69, 9.17) is 9.72 Å². The third-order valence-electron chi connectivity index (χ3n) is 11.3. The van der Waals surface area contributed by atoms with Gasteiger partial charge in [0, 0.05) is 34.3 Å². The molecule has 2 N–H and O–H groups in total. The molecule has 0 amide bonds. The van der Waals surface area contributed by atoms with Crippen LogP contribution in [-0.2, 0) is 39.5 Å². The van der Waals surface area contributed by atoms with Gasteiger partial charge in [0.1, 0.15) is 18.1 Å². The van der Waals surface area contributed by atoms with Gasteiger partial charge in [-0.2, -0.15) is 0 Å². The number of hydrogen-bond acceptors (Lipinski definition) is 7. The topological polar surface area (TPSA) is 119 Å². The molecule has 5 aliphatic rings. The number of esters is 1. The Balaban J connectivity index is 0.000000140. The molecule has 9 rings (SSSR count). The molecule has 0 saturated heterocycles. The summed E-state index contributed by atoms with van der Waals surface area (Å²) in [6.45, 7) is 4.19. The number of pyridine rings is 2. The van der Waals surface area contributed by atoms with Gasteiger partial charge < -0.3 is 19.5 Å². The van der Waals surface area contributed by atoms with Gasteiger partial charge in [-0.15, -0.1) is 0 Å². The fourth-order valence-corrected chi connectivity index (χ4v) is 8.66. The minimum Gasteiger partial charge on any atom is -0.508 e. The Morgan fingerprint density at radius 1 is 1.04 bits per heavy atom. The Bertz CT molecular complexity index is 2080. The molecule has 2 aromatic heterocycles. The van der Waals surface area contributed by atoms with Gasteiger partial charge in [-0.05, 0) is 79.5 Å². The Hall–Kier alpha value is -4.56. The number of phenolic OH excluding ortho intramolecular Hbond substituents is 1. The molecular weight excluding hydrogens is 580 g/mol. The maximum absolute atomic E-state index is 13.0. The molecule has 0 bridgehead atoms. The van der Waals surface area contributed by atoms with Crippen LogP contribution in [0.2, 0.25) is 0 Å². The number of phenols is 1. The van der Waals surface area contributed by atoms with E-state index in [0.717, 1.165) is 54.3 Å². The first-order valence-electron chi connectivity index (χ1n) is 16.2. The number of hydrogen-bond donors (Lipinski definition) is 2. The zero-order valence-corrected chi connectivity index (χ0v) is 26.0. The first kappa shape index (κ1) is 28.9. The summed E-state index contributed by atoms with van der Waals surface area (Å²) in [6, 6.07) is 17.3. The van der Waals surface area contributed by atoms with Crippen LogP contribution in [0.4, 0.5) is 0 Å². The minimum atomic E-state index is -1.79. The van der Waals surface area contributed by atoms with Gasteiger partial charge in [0.2, 0.25) is 0 Å². The van der Waals surface area contributed by atoms with E-state index < -0.39 is 11.6 Å². The van der Waals surface area contributed by atoms with Gasteiger partial charge in [-0.3, -0.25) is 9.59 Å². The Kier molecular flexibility index (Phi) is 6.42. The number of benzene rings is 2. The van der Waals surface area contributed by atoms with Crippen molar-refractivity contribution in [2.75, 3.05) is 0 Å². The van der Waals surface area contributed by atoms with Gasteiger partial charge in [-0.25, -0.2) is 9.78 Å². The maximum Gasteiger partial charge on any atom is 0.343 e. The largest absolute Gasteiger partial charge is 0.508 e. The van der Waals surface area contributed by atoms with E-state index in [9.17, 15) is 24.6 Å². The van der Waals surface area contributed by atoms with E-state index in [1.54, 1.807) is 23.6 Å². The summed E-state index contributed by atoms with van der Waals surface area (Å²) in [6.07, 6.45) is 7.25. The Labute approximate surface area is 266 Å². The molecule has 8 nitrogen and oxygen atoms in total. The van der Waals surface area contributed by atoms with Crippen molar-refractivity contribution in [2.45, 2.75) is 77.0 Å². The van der Waals surface area contributed by atoms with Crippen molar-refractivity contribution >= 4 is 22.7 Å². The molecule has 2 aliphatic heterocycles. The highest BCUT2D eigenvalue weighted by molar-refractivity contribution is 5.88. The third kappa shape index (κ3) is 4.09. The lowest BCUT2D eigenvalue weighted by Crippen LogP contribution is -2.44. The molecule has 4 unspecified atom stereocenters. The van der Waals surface area contributed by atoms with Crippen molar-refractivity contribution < 1.29 is 24.5 Å². The fourth-order valence-electron chi connectivity index (χ4n) is 8.66. The van der Waals surface area contributed by atoms with Crippen LogP contribution in [0.15, 0.2) is 71.0 Å². The van der Waals surface area contributed by atoms with Gasteiger partial charge >= 0.3 is 5.97 Å². The molecule has 0 radical (unpaired) electrons. The fraction of sp³-hybridized carbons (Fsp3) is 0.368. The second-order valence-electron chi connectivity index (χ2n) is 13.6. The number of fused-ring (bicyclic) bond motifs is 10. The lowest BCUT2D eigenvalue weighted by molar-refractivity contribution is -0.172. The zero-order valence-electron chi connectivity index (χ0n) is 26.0.